The highest BCUT2D eigenvalue weighted by atomic mass is 79.9. The molecular formula is C12H14BrN3O2. The van der Waals surface area contributed by atoms with Crippen LogP contribution in [0.5, 0.6) is 0 Å². The van der Waals surface area contributed by atoms with Crippen LogP contribution in [0.4, 0.5) is 10.6 Å². The van der Waals surface area contributed by atoms with Gasteiger partial charge in [0.25, 0.3) is 0 Å². The van der Waals surface area contributed by atoms with E-state index in [1.165, 1.54) is 0 Å². The minimum absolute atomic E-state index is 0.455. The van der Waals surface area contributed by atoms with Gasteiger partial charge in [-0.2, -0.15) is 0 Å². The first-order chi connectivity index (χ1) is 8.35. The van der Waals surface area contributed by atoms with Crippen molar-refractivity contribution in [3.05, 3.63) is 28.9 Å². The Morgan fingerprint density at radius 2 is 2.22 bits per heavy atom. The molecule has 2 heterocycles. The highest BCUT2D eigenvalue weighted by Gasteiger charge is 2.17. The Morgan fingerprint density at radius 3 is 2.83 bits per heavy atom. The van der Waals surface area contributed by atoms with Crippen molar-refractivity contribution in [2.45, 2.75) is 26.4 Å². The second-order valence-electron chi connectivity index (χ2n) is 4.84. The molecule has 0 bridgehead atoms. The fourth-order valence-electron chi connectivity index (χ4n) is 1.45. The monoisotopic (exact) mass is 311 g/mol. The number of pyridine rings is 1. The smallest absolute Gasteiger partial charge is 0.413 e. The maximum atomic E-state index is 11.6. The Bertz CT molecular complexity index is 587. The van der Waals surface area contributed by atoms with Gasteiger partial charge < -0.3 is 4.74 Å². The number of amides is 1. The van der Waals surface area contributed by atoms with Crippen molar-refractivity contribution in [1.29, 1.82) is 0 Å². The number of carbonyl (C=O) groups is 1. The fraction of sp³-hybridized carbons (Fsp3) is 0.333. The molecule has 0 unspecified atom stereocenters. The van der Waals surface area contributed by atoms with Crippen molar-refractivity contribution >= 4 is 33.4 Å². The SMILES string of the molecule is CC(C)(C)OC(=O)Nc1cc2c(Br)cccn2n1. The maximum Gasteiger partial charge on any atom is 0.413 e. The lowest BCUT2D eigenvalue weighted by Crippen LogP contribution is -2.27. The van der Waals surface area contributed by atoms with Gasteiger partial charge in [0.2, 0.25) is 0 Å². The number of aromatic nitrogens is 2. The van der Waals surface area contributed by atoms with Crippen molar-refractivity contribution < 1.29 is 9.53 Å². The average molecular weight is 312 g/mol. The van der Waals surface area contributed by atoms with Crippen LogP contribution < -0.4 is 5.32 Å². The topological polar surface area (TPSA) is 55.6 Å². The molecule has 1 amide bonds. The molecule has 1 N–H and O–H groups in total. The zero-order valence-corrected chi connectivity index (χ0v) is 12.0. The van der Waals surface area contributed by atoms with Crippen LogP contribution in [0, 0.1) is 0 Å². The summed E-state index contributed by atoms with van der Waals surface area (Å²) >= 11 is 3.42. The Labute approximate surface area is 113 Å². The molecule has 96 valence electrons. The van der Waals surface area contributed by atoms with Gasteiger partial charge in [-0.1, -0.05) is 0 Å². The van der Waals surface area contributed by atoms with E-state index in [0.29, 0.717) is 5.82 Å². The van der Waals surface area contributed by atoms with Crippen LogP contribution in [-0.2, 0) is 4.74 Å². The lowest BCUT2D eigenvalue weighted by atomic mass is 10.2. The predicted molar refractivity (Wildman–Crippen MR) is 72.7 cm³/mol. The van der Waals surface area contributed by atoms with Crippen molar-refractivity contribution in [2.75, 3.05) is 5.32 Å². The fourth-order valence-corrected chi connectivity index (χ4v) is 1.90. The molecule has 0 aliphatic rings. The minimum Gasteiger partial charge on any atom is -0.444 e. The van der Waals surface area contributed by atoms with Crippen molar-refractivity contribution in [1.82, 2.24) is 9.61 Å². The molecule has 0 saturated carbocycles. The van der Waals surface area contributed by atoms with Crippen LogP contribution in [0.15, 0.2) is 28.9 Å². The summed E-state index contributed by atoms with van der Waals surface area (Å²) in [5, 5.41) is 6.82. The third kappa shape index (κ3) is 3.01. The minimum atomic E-state index is -0.524. The van der Waals surface area contributed by atoms with Crippen LogP contribution in [0.2, 0.25) is 0 Å². The summed E-state index contributed by atoms with van der Waals surface area (Å²) in [5.74, 6) is 0.455. The van der Waals surface area contributed by atoms with Crippen LogP contribution in [0.1, 0.15) is 20.8 Å². The Balaban J connectivity index is 2.18. The number of nitrogens with zero attached hydrogens (tertiary/aromatic N) is 2. The highest BCUT2D eigenvalue weighted by molar-refractivity contribution is 9.10. The molecule has 2 aromatic rings. The number of fused-ring (bicyclic) bond motifs is 1. The molecule has 0 aliphatic heterocycles. The summed E-state index contributed by atoms with van der Waals surface area (Å²) in [6, 6.07) is 5.55. The lowest BCUT2D eigenvalue weighted by Gasteiger charge is -2.18. The van der Waals surface area contributed by atoms with Gasteiger partial charge in [-0.25, -0.2) is 9.31 Å². The van der Waals surface area contributed by atoms with Crippen molar-refractivity contribution in [3.63, 3.8) is 0 Å². The van der Waals surface area contributed by atoms with Gasteiger partial charge in [-0.05, 0) is 48.8 Å². The van der Waals surface area contributed by atoms with Crippen LogP contribution in [0.25, 0.3) is 5.52 Å². The number of halogens is 1. The molecule has 0 saturated heterocycles. The molecule has 5 nitrogen and oxygen atoms in total. The molecule has 0 fully saturated rings. The molecule has 0 radical (unpaired) electrons. The van der Waals surface area contributed by atoms with E-state index >= 15 is 0 Å². The van der Waals surface area contributed by atoms with E-state index in [1.807, 2.05) is 32.9 Å². The van der Waals surface area contributed by atoms with Gasteiger partial charge in [-0.3, -0.25) is 5.32 Å². The first kappa shape index (κ1) is 12.9. The second kappa shape index (κ2) is 4.61. The van der Waals surface area contributed by atoms with E-state index in [1.54, 1.807) is 16.8 Å². The van der Waals surface area contributed by atoms with E-state index in [2.05, 4.69) is 26.3 Å². The number of nitrogens with one attached hydrogen (secondary N) is 1. The highest BCUT2D eigenvalue weighted by Crippen LogP contribution is 2.20. The number of anilines is 1. The zero-order valence-electron chi connectivity index (χ0n) is 10.4. The molecular weight excluding hydrogens is 298 g/mol. The van der Waals surface area contributed by atoms with E-state index in [9.17, 15) is 4.79 Å². The van der Waals surface area contributed by atoms with Gasteiger partial charge in [-0.15, -0.1) is 5.10 Å². The number of carbonyl (C=O) groups excluding carboxylic acids is 1. The summed E-state index contributed by atoms with van der Waals surface area (Å²) in [6.45, 7) is 5.44. The van der Waals surface area contributed by atoms with E-state index < -0.39 is 11.7 Å². The molecule has 2 aromatic heterocycles. The molecule has 0 aliphatic carbocycles. The molecule has 0 spiro atoms. The third-order valence-electron chi connectivity index (χ3n) is 2.08. The summed E-state index contributed by atoms with van der Waals surface area (Å²) in [6.07, 6.45) is 1.29. The summed E-state index contributed by atoms with van der Waals surface area (Å²) in [5.41, 5.74) is 0.354. The Kier molecular flexibility index (Phi) is 3.30. The summed E-state index contributed by atoms with van der Waals surface area (Å²) in [4.78, 5) is 11.6. The van der Waals surface area contributed by atoms with Crippen molar-refractivity contribution in [2.24, 2.45) is 0 Å². The largest absolute Gasteiger partial charge is 0.444 e. The van der Waals surface area contributed by atoms with Gasteiger partial charge >= 0.3 is 6.09 Å². The zero-order chi connectivity index (χ0) is 13.3. The lowest BCUT2D eigenvalue weighted by molar-refractivity contribution is 0.0635. The van der Waals surface area contributed by atoms with Gasteiger partial charge in [0, 0.05) is 16.7 Å². The standard InChI is InChI=1S/C12H14BrN3O2/c1-12(2,3)18-11(17)14-10-7-9-8(13)5-4-6-16(9)15-10/h4-7H,1-3H3,(H,14,15,17). The normalized spacial score (nSPS) is 11.6. The number of hydrogen-bond donors (Lipinski definition) is 1. The van der Waals surface area contributed by atoms with Crippen molar-refractivity contribution in [3.8, 4) is 0 Å². The van der Waals surface area contributed by atoms with Crippen LogP contribution in [0.3, 0.4) is 0 Å². The maximum absolute atomic E-state index is 11.6. The molecule has 0 aromatic carbocycles. The predicted octanol–water partition coefficient (Wildman–Crippen LogP) is 3.44. The quantitative estimate of drug-likeness (QED) is 0.877. The average Bonchev–Trinajstić information content (AvgIpc) is 2.58. The second-order valence-corrected chi connectivity index (χ2v) is 5.70. The summed E-state index contributed by atoms with van der Waals surface area (Å²) < 4.78 is 7.75. The first-order valence-electron chi connectivity index (χ1n) is 5.49. The molecule has 2 rings (SSSR count). The number of ether oxygens (including phenoxy) is 1. The first-order valence-corrected chi connectivity index (χ1v) is 6.28. The number of hydrogen-bond acceptors (Lipinski definition) is 3. The molecule has 18 heavy (non-hydrogen) atoms. The van der Waals surface area contributed by atoms with Gasteiger partial charge in [0.05, 0.1) is 5.52 Å². The van der Waals surface area contributed by atoms with E-state index in [0.717, 1.165) is 9.99 Å². The molecule has 6 heteroatoms. The van der Waals surface area contributed by atoms with E-state index in [4.69, 9.17) is 4.74 Å². The van der Waals surface area contributed by atoms with E-state index in [-0.39, 0.29) is 0 Å². The van der Waals surface area contributed by atoms with Crippen LogP contribution >= 0.6 is 15.9 Å². The summed E-state index contributed by atoms with van der Waals surface area (Å²) in [7, 11) is 0. The Morgan fingerprint density at radius 1 is 1.50 bits per heavy atom. The van der Waals surface area contributed by atoms with Gasteiger partial charge in [0.15, 0.2) is 5.82 Å². The molecule has 0 atom stereocenters. The number of rotatable bonds is 1. The van der Waals surface area contributed by atoms with Crippen LogP contribution in [-0.4, -0.2) is 21.3 Å². The third-order valence-corrected chi connectivity index (χ3v) is 2.75. The van der Waals surface area contributed by atoms with Gasteiger partial charge in [0.1, 0.15) is 5.60 Å². The Hall–Kier alpha value is -1.56.